The van der Waals surface area contributed by atoms with Crippen molar-refractivity contribution in [2.45, 2.75) is 50.6 Å². The molecule has 4 aliphatic rings. The van der Waals surface area contributed by atoms with Crippen molar-refractivity contribution in [2.24, 2.45) is 23.5 Å². The largest absolute Gasteiger partial charge is 0.383 e. The van der Waals surface area contributed by atoms with E-state index in [1.807, 2.05) is 29.2 Å². The molecule has 0 spiro atoms. The number of primary amides is 1. The molecule has 2 amide bonds. The average molecular weight is 448 g/mol. The summed E-state index contributed by atoms with van der Waals surface area (Å²) in [5, 5.41) is 0.698. The van der Waals surface area contributed by atoms with Crippen molar-refractivity contribution in [1.29, 1.82) is 0 Å². The lowest BCUT2D eigenvalue weighted by Gasteiger charge is -2.60. The third-order valence-electron chi connectivity index (χ3n) is 7.48. The van der Waals surface area contributed by atoms with Gasteiger partial charge in [-0.15, -0.1) is 0 Å². The smallest absolute Gasteiger partial charge is 0.237 e. The van der Waals surface area contributed by atoms with Crippen molar-refractivity contribution in [1.82, 2.24) is 9.80 Å². The molecule has 4 aliphatic carbocycles. The van der Waals surface area contributed by atoms with Gasteiger partial charge >= 0.3 is 0 Å². The van der Waals surface area contributed by atoms with Gasteiger partial charge in [0, 0.05) is 30.8 Å². The van der Waals surface area contributed by atoms with Crippen molar-refractivity contribution in [3.8, 4) is 0 Å². The van der Waals surface area contributed by atoms with Gasteiger partial charge in [0.15, 0.2) is 0 Å². The van der Waals surface area contributed by atoms with Gasteiger partial charge in [0.05, 0.1) is 19.7 Å². The highest BCUT2D eigenvalue weighted by Crippen LogP contribution is 2.58. The van der Waals surface area contributed by atoms with E-state index in [9.17, 15) is 9.59 Å². The molecule has 31 heavy (non-hydrogen) atoms. The first-order chi connectivity index (χ1) is 14.9. The van der Waals surface area contributed by atoms with E-state index in [0.29, 0.717) is 24.7 Å². The number of halogens is 1. The van der Waals surface area contributed by atoms with Crippen molar-refractivity contribution >= 4 is 23.4 Å². The van der Waals surface area contributed by atoms with Gasteiger partial charge in [0.2, 0.25) is 11.8 Å². The summed E-state index contributed by atoms with van der Waals surface area (Å²) in [6, 6.07) is 7.79. The molecule has 0 atom stereocenters. The van der Waals surface area contributed by atoms with Gasteiger partial charge in [-0.3, -0.25) is 14.5 Å². The summed E-state index contributed by atoms with van der Waals surface area (Å²) in [7, 11) is 1.62. The first kappa shape index (κ1) is 22.6. The minimum atomic E-state index is -0.428. The van der Waals surface area contributed by atoms with Gasteiger partial charge in [0.25, 0.3) is 0 Å². The van der Waals surface area contributed by atoms with E-state index in [-0.39, 0.29) is 24.5 Å². The molecule has 1 aromatic rings. The number of benzene rings is 1. The SMILES string of the molecule is COCCN(CC(N)=O)CC(=O)N(Cc1ccc(Cl)cc1)C12CC3CC(CC(C3)C1)C2. The quantitative estimate of drug-likeness (QED) is 0.598. The monoisotopic (exact) mass is 447 g/mol. The number of carbonyl (C=O) groups is 2. The standard InChI is InChI=1S/C24H34ClN3O3/c1-31-7-6-27(15-22(26)29)16-23(30)28(14-17-2-4-21(25)5-3-17)24-11-18-8-19(12-24)10-20(9-18)13-24/h2-5,18-20H,6-16H2,1H3,(H2,26,29). The second-order valence-electron chi connectivity index (χ2n) is 9.92. The van der Waals surface area contributed by atoms with Crippen LogP contribution in [0.25, 0.3) is 0 Å². The summed E-state index contributed by atoms with van der Waals surface area (Å²) in [5.41, 5.74) is 6.47. The van der Waals surface area contributed by atoms with Crippen molar-refractivity contribution in [3.05, 3.63) is 34.9 Å². The maximum absolute atomic E-state index is 13.8. The fourth-order valence-corrected chi connectivity index (χ4v) is 6.75. The van der Waals surface area contributed by atoms with Crippen LogP contribution in [-0.4, -0.2) is 60.5 Å². The molecule has 0 heterocycles. The van der Waals surface area contributed by atoms with Crippen molar-refractivity contribution in [3.63, 3.8) is 0 Å². The first-order valence-corrected chi connectivity index (χ1v) is 11.8. The summed E-state index contributed by atoms with van der Waals surface area (Å²) in [6.07, 6.45) is 7.28. The Bertz CT molecular complexity index is 762. The number of hydrogen-bond acceptors (Lipinski definition) is 4. The molecule has 4 bridgehead atoms. The van der Waals surface area contributed by atoms with E-state index in [2.05, 4.69) is 4.90 Å². The van der Waals surface area contributed by atoms with E-state index < -0.39 is 5.91 Å². The van der Waals surface area contributed by atoms with E-state index in [0.717, 1.165) is 42.6 Å². The Labute approximate surface area is 190 Å². The maximum atomic E-state index is 13.8. The molecule has 1 aromatic carbocycles. The lowest BCUT2D eigenvalue weighted by atomic mass is 9.52. The van der Waals surface area contributed by atoms with Crippen LogP contribution in [0.4, 0.5) is 0 Å². The molecule has 170 valence electrons. The number of carbonyl (C=O) groups excluding carboxylic acids is 2. The molecule has 6 nitrogen and oxygen atoms in total. The highest BCUT2D eigenvalue weighted by molar-refractivity contribution is 6.30. The van der Waals surface area contributed by atoms with Crippen LogP contribution in [0.1, 0.15) is 44.1 Å². The molecule has 0 aromatic heterocycles. The highest BCUT2D eigenvalue weighted by Gasteiger charge is 2.54. The van der Waals surface area contributed by atoms with Gasteiger partial charge in [-0.2, -0.15) is 0 Å². The van der Waals surface area contributed by atoms with Gasteiger partial charge < -0.3 is 15.4 Å². The minimum Gasteiger partial charge on any atom is -0.383 e. The van der Waals surface area contributed by atoms with E-state index in [4.69, 9.17) is 22.1 Å². The topological polar surface area (TPSA) is 75.9 Å². The second kappa shape index (κ2) is 9.47. The maximum Gasteiger partial charge on any atom is 0.237 e. The molecule has 0 unspecified atom stereocenters. The third kappa shape index (κ3) is 5.24. The molecular formula is C24H34ClN3O3. The van der Waals surface area contributed by atoms with Crippen LogP contribution in [0.5, 0.6) is 0 Å². The van der Waals surface area contributed by atoms with Crippen LogP contribution in [0.15, 0.2) is 24.3 Å². The number of methoxy groups -OCH3 is 1. The zero-order valence-corrected chi connectivity index (χ0v) is 19.2. The molecule has 0 radical (unpaired) electrons. The predicted octanol–water partition coefficient (Wildman–Crippen LogP) is 3.07. The number of hydrogen-bond donors (Lipinski definition) is 1. The number of amides is 2. The Kier molecular flexibility index (Phi) is 6.89. The van der Waals surface area contributed by atoms with Crippen molar-refractivity contribution < 1.29 is 14.3 Å². The van der Waals surface area contributed by atoms with Crippen LogP contribution in [0, 0.1) is 17.8 Å². The molecule has 0 aliphatic heterocycles. The van der Waals surface area contributed by atoms with E-state index in [1.165, 1.54) is 19.3 Å². The van der Waals surface area contributed by atoms with E-state index in [1.54, 1.807) is 7.11 Å². The van der Waals surface area contributed by atoms with Crippen LogP contribution >= 0.6 is 11.6 Å². The molecule has 4 saturated carbocycles. The lowest BCUT2D eigenvalue weighted by Crippen LogP contribution is -2.62. The molecule has 7 heteroatoms. The molecule has 4 fully saturated rings. The Balaban J connectivity index is 1.58. The fraction of sp³-hybridized carbons (Fsp3) is 0.667. The third-order valence-corrected chi connectivity index (χ3v) is 7.74. The molecule has 2 N–H and O–H groups in total. The average Bonchev–Trinajstić information content (AvgIpc) is 2.70. The Hall–Kier alpha value is -1.63. The lowest BCUT2D eigenvalue weighted by molar-refractivity contribution is -0.153. The number of ether oxygens (including phenoxy) is 1. The fourth-order valence-electron chi connectivity index (χ4n) is 6.62. The van der Waals surface area contributed by atoms with Gasteiger partial charge in [-0.05, 0) is 74.0 Å². The highest BCUT2D eigenvalue weighted by atomic mass is 35.5. The Morgan fingerprint density at radius 1 is 1.06 bits per heavy atom. The number of nitrogens with zero attached hydrogens (tertiary/aromatic N) is 2. The Morgan fingerprint density at radius 2 is 1.65 bits per heavy atom. The summed E-state index contributed by atoms with van der Waals surface area (Å²) >= 11 is 6.09. The van der Waals surface area contributed by atoms with E-state index >= 15 is 0 Å². The molecule has 5 rings (SSSR count). The van der Waals surface area contributed by atoms with Gasteiger partial charge in [-0.25, -0.2) is 0 Å². The summed E-state index contributed by atoms with van der Waals surface area (Å²) < 4.78 is 5.17. The Morgan fingerprint density at radius 3 is 2.16 bits per heavy atom. The van der Waals surface area contributed by atoms with Gasteiger partial charge in [0.1, 0.15) is 0 Å². The minimum absolute atomic E-state index is 0.0603. The zero-order valence-electron chi connectivity index (χ0n) is 18.4. The number of nitrogens with two attached hydrogens (primary N) is 1. The number of rotatable bonds is 10. The van der Waals surface area contributed by atoms with Crippen LogP contribution in [0.3, 0.4) is 0 Å². The summed E-state index contributed by atoms with van der Waals surface area (Å²) in [4.78, 5) is 29.3. The summed E-state index contributed by atoms with van der Waals surface area (Å²) in [6.45, 7) is 1.78. The van der Waals surface area contributed by atoms with Gasteiger partial charge in [-0.1, -0.05) is 23.7 Å². The predicted molar refractivity (Wildman–Crippen MR) is 120 cm³/mol. The van der Waals surface area contributed by atoms with Crippen LogP contribution in [0.2, 0.25) is 5.02 Å². The first-order valence-electron chi connectivity index (χ1n) is 11.4. The second-order valence-corrected chi connectivity index (χ2v) is 10.4. The normalized spacial score (nSPS) is 28.8. The van der Waals surface area contributed by atoms with Crippen LogP contribution in [-0.2, 0) is 20.9 Å². The molecular weight excluding hydrogens is 414 g/mol. The zero-order chi connectivity index (χ0) is 22.0. The van der Waals surface area contributed by atoms with Crippen molar-refractivity contribution in [2.75, 3.05) is 33.4 Å². The van der Waals surface area contributed by atoms with Crippen LogP contribution < -0.4 is 5.73 Å². The summed E-state index contributed by atoms with van der Waals surface area (Å²) in [5.74, 6) is 1.86. The molecule has 0 saturated heterocycles.